The summed E-state index contributed by atoms with van der Waals surface area (Å²) in [5, 5.41) is 0. The third-order valence-corrected chi connectivity index (χ3v) is 4.52. The molecule has 1 aliphatic rings. The van der Waals surface area contributed by atoms with Gasteiger partial charge in [-0.15, -0.1) is 0 Å². The van der Waals surface area contributed by atoms with E-state index >= 15 is 0 Å². The predicted molar refractivity (Wildman–Crippen MR) is 93.7 cm³/mol. The Morgan fingerprint density at radius 2 is 1.96 bits per heavy atom. The summed E-state index contributed by atoms with van der Waals surface area (Å²) in [5.74, 6) is 0.242. The molecule has 3 unspecified atom stereocenters. The van der Waals surface area contributed by atoms with Crippen molar-refractivity contribution in [1.82, 2.24) is 4.90 Å². The van der Waals surface area contributed by atoms with E-state index in [0.29, 0.717) is 6.54 Å². The number of carbonyl (C=O) groups excluding carboxylic acids is 1. The molecule has 1 amide bonds. The number of nitrogens with zero attached hydrogens (tertiary/aromatic N) is 1. The quantitative estimate of drug-likeness (QED) is 0.858. The van der Waals surface area contributed by atoms with Crippen LogP contribution < -0.4 is 5.73 Å². The van der Waals surface area contributed by atoms with Crippen LogP contribution in [0.3, 0.4) is 0 Å². The van der Waals surface area contributed by atoms with Gasteiger partial charge in [-0.2, -0.15) is 0 Å². The minimum absolute atomic E-state index is 0.0244. The Morgan fingerprint density at radius 1 is 1.30 bits per heavy atom. The summed E-state index contributed by atoms with van der Waals surface area (Å²) in [7, 11) is 0. The summed E-state index contributed by atoms with van der Waals surface area (Å²) in [6, 6.07) is 6.54. The number of ether oxygens (including phenoxy) is 1. The molecule has 0 radical (unpaired) electrons. The van der Waals surface area contributed by atoms with Gasteiger partial charge >= 0.3 is 6.09 Å². The lowest BCUT2D eigenvalue weighted by Gasteiger charge is -2.43. The van der Waals surface area contributed by atoms with Gasteiger partial charge in [-0.1, -0.05) is 23.8 Å². The second-order valence-corrected chi connectivity index (χ2v) is 7.84. The first-order valence-corrected chi connectivity index (χ1v) is 8.41. The SMILES string of the molecule is Cc1ccc(C)c(C2CC(N)CN(C(=O)OC(C)(C)C)C2C)c1. The average molecular weight is 318 g/mol. The van der Waals surface area contributed by atoms with E-state index in [1.54, 1.807) is 4.90 Å². The molecular formula is C19H30N2O2. The highest BCUT2D eigenvalue weighted by Crippen LogP contribution is 2.35. The zero-order valence-corrected chi connectivity index (χ0v) is 15.2. The molecule has 0 spiro atoms. The Hall–Kier alpha value is -1.55. The summed E-state index contributed by atoms with van der Waals surface area (Å²) >= 11 is 0. The van der Waals surface area contributed by atoms with Gasteiger partial charge in [-0.25, -0.2) is 4.79 Å². The maximum Gasteiger partial charge on any atom is 0.410 e. The summed E-state index contributed by atoms with van der Waals surface area (Å²) in [6.07, 6.45) is 0.626. The van der Waals surface area contributed by atoms with Gasteiger partial charge in [0.25, 0.3) is 0 Å². The molecule has 1 aliphatic heterocycles. The molecule has 0 aromatic heterocycles. The van der Waals surface area contributed by atoms with Crippen molar-refractivity contribution in [3.05, 3.63) is 34.9 Å². The number of aryl methyl sites for hydroxylation is 2. The summed E-state index contributed by atoms with van der Waals surface area (Å²) in [6.45, 7) is 12.5. The standard InChI is InChI=1S/C19H30N2O2/c1-12-7-8-13(2)16(9-12)17-10-15(20)11-21(14(17)3)18(22)23-19(4,5)6/h7-9,14-15,17H,10-11,20H2,1-6H3. The van der Waals surface area contributed by atoms with Crippen LogP contribution in [0.1, 0.15) is 56.7 Å². The molecular weight excluding hydrogens is 288 g/mol. The van der Waals surface area contributed by atoms with Crippen LogP contribution in [-0.4, -0.2) is 35.2 Å². The largest absolute Gasteiger partial charge is 0.444 e. The van der Waals surface area contributed by atoms with Gasteiger partial charge in [0, 0.05) is 24.5 Å². The van der Waals surface area contributed by atoms with E-state index in [0.717, 1.165) is 6.42 Å². The molecule has 128 valence electrons. The number of carbonyl (C=O) groups is 1. The van der Waals surface area contributed by atoms with E-state index in [2.05, 4.69) is 39.0 Å². The fourth-order valence-corrected chi connectivity index (χ4v) is 3.34. The molecule has 0 aliphatic carbocycles. The Morgan fingerprint density at radius 3 is 2.57 bits per heavy atom. The number of benzene rings is 1. The zero-order valence-electron chi connectivity index (χ0n) is 15.2. The van der Waals surface area contributed by atoms with Gasteiger partial charge in [0.05, 0.1) is 0 Å². The number of hydrogen-bond donors (Lipinski definition) is 1. The van der Waals surface area contributed by atoms with Crippen molar-refractivity contribution in [3.63, 3.8) is 0 Å². The summed E-state index contributed by atoms with van der Waals surface area (Å²) in [5.41, 5.74) is 9.55. The van der Waals surface area contributed by atoms with Gasteiger partial charge < -0.3 is 15.4 Å². The second-order valence-electron chi connectivity index (χ2n) is 7.84. The fraction of sp³-hybridized carbons (Fsp3) is 0.632. The van der Waals surface area contributed by atoms with Crippen LogP contribution >= 0.6 is 0 Å². The normalized spacial score (nSPS) is 25.3. The highest BCUT2D eigenvalue weighted by Gasteiger charge is 2.37. The third-order valence-electron chi connectivity index (χ3n) is 4.52. The molecule has 2 rings (SSSR count). The maximum absolute atomic E-state index is 12.5. The molecule has 0 saturated carbocycles. The average Bonchev–Trinajstić information content (AvgIpc) is 2.42. The predicted octanol–water partition coefficient (Wildman–Crippen LogP) is 3.74. The minimum Gasteiger partial charge on any atom is -0.444 e. The van der Waals surface area contributed by atoms with E-state index in [1.165, 1.54) is 16.7 Å². The van der Waals surface area contributed by atoms with Crippen molar-refractivity contribution in [2.45, 2.75) is 71.6 Å². The lowest BCUT2D eigenvalue weighted by Crippen LogP contribution is -2.54. The smallest absolute Gasteiger partial charge is 0.410 e. The van der Waals surface area contributed by atoms with Crippen LogP contribution in [-0.2, 0) is 4.74 Å². The highest BCUT2D eigenvalue weighted by molar-refractivity contribution is 5.69. The van der Waals surface area contributed by atoms with Crippen molar-refractivity contribution >= 4 is 6.09 Å². The van der Waals surface area contributed by atoms with Gasteiger partial charge in [0.1, 0.15) is 5.60 Å². The Kier molecular flexibility index (Phi) is 5.04. The molecule has 3 atom stereocenters. The van der Waals surface area contributed by atoms with E-state index in [9.17, 15) is 4.79 Å². The molecule has 4 nitrogen and oxygen atoms in total. The molecule has 2 N–H and O–H groups in total. The first kappa shape index (κ1) is 17.8. The van der Waals surface area contributed by atoms with E-state index < -0.39 is 5.60 Å². The lowest BCUT2D eigenvalue weighted by molar-refractivity contribution is 0.00651. The van der Waals surface area contributed by atoms with Crippen LogP contribution in [0, 0.1) is 13.8 Å². The first-order valence-electron chi connectivity index (χ1n) is 8.41. The fourth-order valence-electron chi connectivity index (χ4n) is 3.34. The number of nitrogens with two attached hydrogens (primary N) is 1. The van der Waals surface area contributed by atoms with Crippen molar-refractivity contribution < 1.29 is 9.53 Å². The monoisotopic (exact) mass is 318 g/mol. The first-order chi connectivity index (χ1) is 10.6. The van der Waals surface area contributed by atoms with Crippen LogP contribution in [0.25, 0.3) is 0 Å². The van der Waals surface area contributed by atoms with Gasteiger partial charge in [0.2, 0.25) is 0 Å². The molecule has 1 aromatic carbocycles. The van der Waals surface area contributed by atoms with Crippen LogP contribution in [0.5, 0.6) is 0 Å². The third kappa shape index (κ3) is 4.25. The second kappa shape index (κ2) is 6.52. The highest BCUT2D eigenvalue weighted by atomic mass is 16.6. The molecule has 1 saturated heterocycles. The summed E-state index contributed by atoms with van der Waals surface area (Å²) in [4.78, 5) is 14.3. The Labute approximate surface area is 140 Å². The Balaban J connectivity index is 2.28. The van der Waals surface area contributed by atoms with E-state index in [4.69, 9.17) is 10.5 Å². The summed E-state index contributed by atoms with van der Waals surface area (Å²) < 4.78 is 5.57. The lowest BCUT2D eigenvalue weighted by atomic mass is 9.80. The van der Waals surface area contributed by atoms with Crippen molar-refractivity contribution in [3.8, 4) is 0 Å². The molecule has 1 aromatic rings. The molecule has 1 heterocycles. The van der Waals surface area contributed by atoms with Crippen molar-refractivity contribution in [1.29, 1.82) is 0 Å². The zero-order chi connectivity index (χ0) is 17.4. The number of likely N-dealkylation sites (tertiary alicyclic amines) is 1. The minimum atomic E-state index is -0.493. The number of rotatable bonds is 1. The van der Waals surface area contributed by atoms with Gasteiger partial charge in [0.15, 0.2) is 0 Å². The van der Waals surface area contributed by atoms with Gasteiger partial charge in [-0.3, -0.25) is 0 Å². The van der Waals surface area contributed by atoms with Crippen LogP contribution in [0.15, 0.2) is 18.2 Å². The topological polar surface area (TPSA) is 55.6 Å². The van der Waals surface area contributed by atoms with E-state index in [1.807, 2.05) is 20.8 Å². The van der Waals surface area contributed by atoms with Gasteiger partial charge in [-0.05, 0) is 59.1 Å². The molecule has 0 bridgehead atoms. The van der Waals surface area contributed by atoms with Crippen molar-refractivity contribution in [2.75, 3.05) is 6.54 Å². The Bertz CT molecular complexity index is 577. The number of amides is 1. The van der Waals surface area contributed by atoms with Crippen LogP contribution in [0.2, 0.25) is 0 Å². The number of piperidine rings is 1. The molecule has 23 heavy (non-hydrogen) atoms. The van der Waals surface area contributed by atoms with Crippen LogP contribution in [0.4, 0.5) is 4.79 Å². The number of hydrogen-bond acceptors (Lipinski definition) is 3. The van der Waals surface area contributed by atoms with E-state index in [-0.39, 0.29) is 24.1 Å². The molecule has 4 heteroatoms. The molecule has 1 fully saturated rings. The maximum atomic E-state index is 12.5. The van der Waals surface area contributed by atoms with Crippen molar-refractivity contribution in [2.24, 2.45) is 5.73 Å².